The summed E-state index contributed by atoms with van der Waals surface area (Å²) in [6.45, 7) is 1.93. The van der Waals surface area contributed by atoms with Crippen molar-refractivity contribution in [2.24, 2.45) is 7.05 Å². The van der Waals surface area contributed by atoms with Crippen LogP contribution in [0, 0.1) is 0 Å². The van der Waals surface area contributed by atoms with Gasteiger partial charge in [0.1, 0.15) is 0 Å². The number of aryl methyl sites for hydroxylation is 1. The molecule has 3 aromatic rings. The summed E-state index contributed by atoms with van der Waals surface area (Å²) in [6, 6.07) is 7.23. The fraction of sp³-hybridized carbons (Fsp3) is 0.333. The number of benzene rings is 1. The van der Waals surface area contributed by atoms with Crippen LogP contribution in [0.25, 0.3) is 5.69 Å². The highest BCUT2D eigenvalue weighted by Gasteiger charge is 2.21. The van der Waals surface area contributed by atoms with Crippen molar-refractivity contribution in [1.29, 1.82) is 0 Å². The zero-order chi connectivity index (χ0) is 18.8. The molecule has 1 amide bonds. The minimum absolute atomic E-state index is 0.275. The van der Waals surface area contributed by atoms with E-state index in [-0.39, 0.29) is 5.91 Å². The topological polar surface area (TPSA) is 89.7 Å². The highest BCUT2D eigenvalue weighted by atomic mass is 35.5. The zero-order valence-electron chi connectivity index (χ0n) is 14.9. The Balaban J connectivity index is 1.48. The van der Waals surface area contributed by atoms with Crippen molar-refractivity contribution in [3.8, 4) is 5.69 Å². The summed E-state index contributed by atoms with van der Waals surface area (Å²) in [6.07, 6.45) is 5.20. The van der Waals surface area contributed by atoms with E-state index in [1.807, 2.05) is 12.1 Å². The van der Waals surface area contributed by atoms with Gasteiger partial charge < -0.3 is 5.32 Å². The number of amides is 1. The van der Waals surface area contributed by atoms with Crippen LogP contribution in [0.1, 0.15) is 34.9 Å². The van der Waals surface area contributed by atoms with Crippen molar-refractivity contribution in [3.05, 3.63) is 53.1 Å². The molecule has 0 bridgehead atoms. The third kappa shape index (κ3) is 3.86. The first-order valence-corrected chi connectivity index (χ1v) is 9.21. The quantitative estimate of drug-likeness (QED) is 0.719. The maximum Gasteiger partial charge on any atom is 0.261 e. The second-order valence-corrected chi connectivity index (χ2v) is 6.98. The minimum atomic E-state index is -0.275. The molecule has 0 atom stereocenters. The normalized spacial score (nSPS) is 15.0. The van der Waals surface area contributed by atoms with Gasteiger partial charge in [-0.05, 0) is 50.2 Å². The second kappa shape index (κ2) is 7.50. The molecule has 1 aliphatic rings. The fourth-order valence-electron chi connectivity index (χ4n) is 3.11. The summed E-state index contributed by atoms with van der Waals surface area (Å²) in [7, 11) is 1.78. The highest BCUT2D eigenvalue weighted by molar-refractivity contribution is 6.30. The van der Waals surface area contributed by atoms with Crippen LogP contribution in [0.4, 0.5) is 5.95 Å². The van der Waals surface area contributed by atoms with E-state index < -0.39 is 0 Å². The van der Waals surface area contributed by atoms with Crippen LogP contribution in [-0.4, -0.2) is 43.5 Å². The Hall–Kier alpha value is -2.71. The number of carbonyl (C=O) groups is 1. The molecule has 0 radical (unpaired) electrons. The number of piperidine rings is 1. The average Bonchev–Trinajstić information content (AvgIpc) is 3.31. The third-order valence-corrected chi connectivity index (χ3v) is 4.90. The molecule has 1 saturated heterocycles. The molecule has 1 fully saturated rings. The number of carbonyl (C=O) groups excluding carboxylic acids is 1. The van der Waals surface area contributed by atoms with Crippen LogP contribution in [-0.2, 0) is 7.05 Å². The Bertz CT molecular complexity index is 941. The van der Waals surface area contributed by atoms with Crippen LogP contribution >= 0.6 is 11.6 Å². The summed E-state index contributed by atoms with van der Waals surface area (Å²) in [5.41, 5.74) is 1.27. The molecule has 0 unspecified atom stereocenters. The van der Waals surface area contributed by atoms with Gasteiger partial charge in [0.05, 0.1) is 17.4 Å². The van der Waals surface area contributed by atoms with Crippen molar-refractivity contribution in [2.45, 2.75) is 18.8 Å². The fourth-order valence-corrected chi connectivity index (χ4v) is 3.24. The van der Waals surface area contributed by atoms with Crippen molar-refractivity contribution in [2.75, 3.05) is 18.4 Å². The SMILES string of the molecule is Cn1nc(C2CCNCC2)nc1NC(=O)c1cnn(-c2ccc(Cl)cc2)c1. The largest absolute Gasteiger partial charge is 0.317 e. The van der Waals surface area contributed by atoms with E-state index in [0.29, 0.717) is 22.5 Å². The molecule has 9 heteroatoms. The first kappa shape index (κ1) is 17.7. The predicted octanol–water partition coefficient (Wildman–Crippen LogP) is 2.37. The molecule has 2 N–H and O–H groups in total. The van der Waals surface area contributed by atoms with Crippen molar-refractivity contribution >= 4 is 23.5 Å². The van der Waals surface area contributed by atoms with Gasteiger partial charge in [0.15, 0.2) is 5.82 Å². The van der Waals surface area contributed by atoms with E-state index in [1.165, 1.54) is 6.20 Å². The molecule has 2 aromatic heterocycles. The van der Waals surface area contributed by atoms with E-state index >= 15 is 0 Å². The molecule has 140 valence electrons. The van der Waals surface area contributed by atoms with E-state index in [4.69, 9.17) is 11.6 Å². The molecule has 8 nitrogen and oxygen atoms in total. The van der Waals surface area contributed by atoms with Gasteiger partial charge in [-0.15, -0.1) is 0 Å². The Kier molecular flexibility index (Phi) is 4.91. The van der Waals surface area contributed by atoms with Crippen molar-refractivity contribution in [1.82, 2.24) is 29.9 Å². The monoisotopic (exact) mass is 385 g/mol. The van der Waals surface area contributed by atoms with Gasteiger partial charge in [-0.2, -0.15) is 15.2 Å². The molecule has 3 heterocycles. The number of aromatic nitrogens is 5. The summed E-state index contributed by atoms with van der Waals surface area (Å²) in [5.74, 6) is 1.28. The lowest BCUT2D eigenvalue weighted by atomic mass is 9.98. The van der Waals surface area contributed by atoms with Crippen LogP contribution in [0.3, 0.4) is 0 Å². The lowest BCUT2D eigenvalue weighted by Crippen LogP contribution is -2.27. The number of anilines is 1. The number of halogens is 1. The minimum Gasteiger partial charge on any atom is -0.317 e. The van der Waals surface area contributed by atoms with Crippen molar-refractivity contribution < 1.29 is 4.79 Å². The molecule has 0 aliphatic carbocycles. The standard InChI is InChI=1S/C18H20ClN7O/c1-25-18(22-16(24-25)12-6-8-20-9-7-12)23-17(27)13-10-21-26(11-13)15-4-2-14(19)3-5-15/h2-5,10-12,20H,6-9H2,1H3,(H,22,23,24,27). The maximum absolute atomic E-state index is 12.6. The van der Waals surface area contributed by atoms with Gasteiger partial charge in [-0.25, -0.2) is 9.36 Å². The first-order chi connectivity index (χ1) is 13.1. The predicted molar refractivity (Wildman–Crippen MR) is 102 cm³/mol. The highest BCUT2D eigenvalue weighted by Crippen LogP contribution is 2.23. The second-order valence-electron chi connectivity index (χ2n) is 6.55. The van der Waals surface area contributed by atoms with Crippen LogP contribution in [0.5, 0.6) is 0 Å². The smallest absolute Gasteiger partial charge is 0.261 e. The Morgan fingerprint density at radius 3 is 2.74 bits per heavy atom. The number of hydrogen-bond donors (Lipinski definition) is 2. The number of hydrogen-bond acceptors (Lipinski definition) is 5. The number of rotatable bonds is 4. The summed E-state index contributed by atoms with van der Waals surface area (Å²) in [5, 5.41) is 15.5. The van der Waals surface area contributed by atoms with Gasteiger partial charge in [-0.1, -0.05) is 11.6 Å². The Morgan fingerprint density at radius 2 is 2.00 bits per heavy atom. The Morgan fingerprint density at radius 1 is 1.26 bits per heavy atom. The third-order valence-electron chi connectivity index (χ3n) is 4.65. The van der Waals surface area contributed by atoms with E-state index in [9.17, 15) is 4.79 Å². The molecule has 1 aliphatic heterocycles. The summed E-state index contributed by atoms with van der Waals surface area (Å²) >= 11 is 5.91. The molecule has 4 rings (SSSR count). The van der Waals surface area contributed by atoms with Gasteiger partial charge in [0.25, 0.3) is 5.91 Å². The van der Waals surface area contributed by atoms with E-state index in [2.05, 4.69) is 25.8 Å². The average molecular weight is 386 g/mol. The van der Waals surface area contributed by atoms with Gasteiger partial charge in [0.2, 0.25) is 5.95 Å². The van der Waals surface area contributed by atoms with Crippen molar-refractivity contribution in [3.63, 3.8) is 0 Å². The molecule has 0 spiro atoms. The summed E-state index contributed by atoms with van der Waals surface area (Å²) in [4.78, 5) is 17.1. The number of nitrogens with zero attached hydrogens (tertiary/aromatic N) is 5. The Labute approximate surface area is 161 Å². The van der Waals surface area contributed by atoms with E-state index in [1.54, 1.807) is 34.7 Å². The lowest BCUT2D eigenvalue weighted by Gasteiger charge is -2.19. The molecule has 0 saturated carbocycles. The van der Waals surface area contributed by atoms with Gasteiger partial charge >= 0.3 is 0 Å². The zero-order valence-corrected chi connectivity index (χ0v) is 15.6. The molecule has 27 heavy (non-hydrogen) atoms. The van der Waals surface area contributed by atoms with Crippen LogP contribution < -0.4 is 10.6 Å². The summed E-state index contributed by atoms with van der Waals surface area (Å²) < 4.78 is 3.24. The van der Waals surface area contributed by atoms with Gasteiger partial charge in [0, 0.05) is 24.2 Å². The van der Waals surface area contributed by atoms with E-state index in [0.717, 1.165) is 37.4 Å². The van der Waals surface area contributed by atoms with Gasteiger partial charge in [-0.3, -0.25) is 10.1 Å². The lowest BCUT2D eigenvalue weighted by molar-refractivity contribution is 0.102. The molecular weight excluding hydrogens is 366 g/mol. The first-order valence-electron chi connectivity index (χ1n) is 8.84. The van der Waals surface area contributed by atoms with Crippen LogP contribution in [0.2, 0.25) is 5.02 Å². The number of nitrogens with one attached hydrogen (secondary N) is 2. The molecule has 1 aromatic carbocycles. The van der Waals surface area contributed by atoms with Crippen LogP contribution in [0.15, 0.2) is 36.7 Å². The maximum atomic E-state index is 12.6. The molecular formula is C18H20ClN7O.